The molecule has 18 heavy (non-hydrogen) atoms. The maximum atomic E-state index is 12.3. The Morgan fingerprint density at radius 2 is 2.11 bits per heavy atom. The van der Waals surface area contributed by atoms with Crippen molar-refractivity contribution in [1.82, 2.24) is 10.2 Å². The predicted octanol–water partition coefficient (Wildman–Crippen LogP) is 0.0707. The minimum absolute atomic E-state index is 0.000900. The Hall–Kier alpha value is -1.30. The van der Waals surface area contributed by atoms with Gasteiger partial charge in [0.05, 0.1) is 19.1 Å². The molecule has 3 atom stereocenters. The van der Waals surface area contributed by atoms with Crippen molar-refractivity contribution >= 4 is 12.0 Å². The first-order chi connectivity index (χ1) is 8.61. The summed E-state index contributed by atoms with van der Waals surface area (Å²) in [5.41, 5.74) is 5.95. The number of carbonyl (C=O) groups is 2. The molecule has 3 N–H and O–H groups in total. The molecule has 2 fully saturated rings. The average Bonchev–Trinajstić information content (AvgIpc) is 2.97. The number of hydrogen-bond acceptors (Lipinski definition) is 4. The summed E-state index contributed by atoms with van der Waals surface area (Å²) >= 11 is 0. The van der Waals surface area contributed by atoms with Gasteiger partial charge in [0.15, 0.2) is 0 Å². The van der Waals surface area contributed by atoms with E-state index in [1.54, 1.807) is 0 Å². The molecule has 0 aromatic heterocycles. The molecule has 0 spiro atoms. The van der Waals surface area contributed by atoms with E-state index in [1.165, 1.54) is 7.11 Å². The highest BCUT2D eigenvalue weighted by Crippen LogP contribution is 2.27. The van der Waals surface area contributed by atoms with Crippen LogP contribution in [0.4, 0.5) is 4.79 Å². The number of hydrogen-bond donors (Lipinski definition) is 2. The SMILES string of the molecule is COC(=O)NC1CCN(C(=O)C2CCCC2N)C1. The van der Waals surface area contributed by atoms with Crippen molar-refractivity contribution in [2.45, 2.75) is 37.8 Å². The van der Waals surface area contributed by atoms with Gasteiger partial charge in [0.1, 0.15) is 0 Å². The van der Waals surface area contributed by atoms with Crippen molar-refractivity contribution in [2.24, 2.45) is 11.7 Å². The average molecular weight is 255 g/mol. The first-order valence-corrected chi connectivity index (χ1v) is 6.50. The fourth-order valence-electron chi connectivity index (χ4n) is 2.83. The Balaban J connectivity index is 1.84. The Kier molecular flexibility index (Phi) is 4.06. The van der Waals surface area contributed by atoms with Crippen molar-refractivity contribution in [3.63, 3.8) is 0 Å². The second-order valence-corrected chi connectivity index (χ2v) is 5.11. The second-order valence-electron chi connectivity index (χ2n) is 5.11. The molecule has 6 nitrogen and oxygen atoms in total. The van der Waals surface area contributed by atoms with Crippen LogP contribution in [-0.2, 0) is 9.53 Å². The van der Waals surface area contributed by atoms with E-state index in [2.05, 4.69) is 10.1 Å². The maximum absolute atomic E-state index is 12.3. The fraction of sp³-hybridized carbons (Fsp3) is 0.833. The zero-order chi connectivity index (χ0) is 13.1. The Morgan fingerprint density at radius 3 is 2.72 bits per heavy atom. The summed E-state index contributed by atoms with van der Waals surface area (Å²) in [6, 6.07) is 0.00384. The van der Waals surface area contributed by atoms with Gasteiger partial charge in [-0.15, -0.1) is 0 Å². The predicted molar refractivity (Wildman–Crippen MR) is 65.8 cm³/mol. The van der Waals surface area contributed by atoms with Gasteiger partial charge in [-0.05, 0) is 19.3 Å². The molecular weight excluding hydrogens is 234 g/mol. The summed E-state index contributed by atoms with van der Waals surface area (Å²) in [7, 11) is 1.34. The van der Waals surface area contributed by atoms with Crippen LogP contribution >= 0.6 is 0 Å². The van der Waals surface area contributed by atoms with Crippen LogP contribution in [0.1, 0.15) is 25.7 Å². The van der Waals surface area contributed by atoms with Crippen LogP contribution in [0.5, 0.6) is 0 Å². The van der Waals surface area contributed by atoms with Crippen LogP contribution in [0.15, 0.2) is 0 Å². The summed E-state index contributed by atoms with van der Waals surface area (Å²) in [4.78, 5) is 25.2. The quantitative estimate of drug-likeness (QED) is 0.731. The number of nitrogens with two attached hydrogens (primary N) is 1. The van der Waals surface area contributed by atoms with E-state index >= 15 is 0 Å². The first-order valence-electron chi connectivity index (χ1n) is 6.50. The number of nitrogens with one attached hydrogen (secondary N) is 1. The monoisotopic (exact) mass is 255 g/mol. The molecule has 1 aliphatic carbocycles. The van der Waals surface area contributed by atoms with Crippen LogP contribution < -0.4 is 11.1 Å². The molecule has 1 saturated carbocycles. The van der Waals surface area contributed by atoms with Crippen molar-refractivity contribution in [1.29, 1.82) is 0 Å². The van der Waals surface area contributed by atoms with Gasteiger partial charge in [-0.1, -0.05) is 6.42 Å². The van der Waals surface area contributed by atoms with Crippen LogP contribution in [0, 0.1) is 5.92 Å². The van der Waals surface area contributed by atoms with Crippen molar-refractivity contribution in [3.05, 3.63) is 0 Å². The molecule has 2 amide bonds. The molecule has 0 aromatic rings. The van der Waals surface area contributed by atoms with E-state index in [0.29, 0.717) is 13.1 Å². The van der Waals surface area contributed by atoms with Crippen LogP contribution in [-0.4, -0.2) is 49.2 Å². The van der Waals surface area contributed by atoms with Gasteiger partial charge in [-0.2, -0.15) is 0 Å². The van der Waals surface area contributed by atoms with E-state index in [-0.39, 0.29) is 23.9 Å². The smallest absolute Gasteiger partial charge is 0.407 e. The summed E-state index contributed by atoms with van der Waals surface area (Å²) in [5, 5.41) is 2.73. The molecule has 6 heteroatoms. The van der Waals surface area contributed by atoms with E-state index < -0.39 is 6.09 Å². The van der Waals surface area contributed by atoms with Gasteiger partial charge in [0.25, 0.3) is 0 Å². The molecule has 2 rings (SSSR count). The van der Waals surface area contributed by atoms with E-state index in [0.717, 1.165) is 25.7 Å². The number of likely N-dealkylation sites (tertiary alicyclic amines) is 1. The van der Waals surface area contributed by atoms with E-state index in [1.807, 2.05) is 4.90 Å². The molecule has 1 heterocycles. The standard InChI is InChI=1S/C12H21N3O3/c1-18-12(17)14-8-5-6-15(7-8)11(16)9-3-2-4-10(9)13/h8-10H,2-7,13H2,1H3,(H,14,17). The number of carbonyl (C=O) groups excluding carboxylic acids is 2. The van der Waals surface area contributed by atoms with Crippen molar-refractivity contribution < 1.29 is 14.3 Å². The topological polar surface area (TPSA) is 84.7 Å². The number of amides is 2. The lowest BCUT2D eigenvalue weighted by Gasteiger charge is -2.23. The van der Waals surface area contributed by atoms with E-state index in [9.17, 15) is 9.59 Å². The van der Waals surface area contributed by atoms with Crippen molar-refractivity contribution in [2.75, 3.05) is 20.2 Å². The number of alkyl carbamates (subject to hydrolysis) is 1. The van der Waals surface area contributed by atoms with Gasteiger partial charge >= 0.3 is 6.09 Å². The minimum Gasteiger partial charge on any atom is -0.453 e. The summed E-state index contributed by atoms with van der Waals surface area (Å²) in [5.74, 6) is 0.121. The largest absolute Gasteiger partial charge is 0.453 e. The van der Waals surface area contributed by atoms with Gasteiger partial charge in [-0.25, -0.2) is 4.79 Å². The lowest BCUT2D eigenvalue weighted by atomic mass is 10.0. The highest BCUT2D eigenvalue weighted by Gasteiger charge is 2.36. The summed E-state index contributed by atoms with van der Waals surface area (Å²) in [6.07, 6.45) is 3.21. The summed E-state index contributed by atoms with van der Waals surface area (Å²) in [6.45, 7) is 1.26. The molecule has 0 radical (unpaired) electrons. The molecule has 2 aliphatic rings. The third-order valence-electron chi connectivity index (χ3n) is 3.89. The lowest BCUT2D eigenvalue weighted by Crippen LogP contribution is -2.43. The Labute approximate surface area is 107 Å². The number of rotatable bonds is 2. The highest BCUT2D eigenvalue weighted by atomic mass is 16.5. The van der Waals surface area contributed by atoms with Gasteiger partial charge in [0, 0.05) is 19.1 Å². The minimum atomic E-state index is -0.438. The van der Waals surface area contributed by atoms with Crippen molar-refractivity contribution in [3.8, 4) is 0 Å². The second kappa shape index (κ2) is 5.56. The fourth-order valence-corrected chi connectivity index (χ4v) is 2.83. The lowest BCUT2D eigenvalue weighted by molar-refractivity contribution is -0.134. The van der Waals surface area contributed by atoms with Crippen LogP contribution in [0.2, 0.25) is 0 Å². The molecule has 3 unspecified atom stereocenters. The first kappa shape index (κ1) is 13.1. The van der Waals surface area contributed by atoms with Gasteiger partial charge < -0.3 is 20.7 Å². The maximum Gasteiger partial charge on any atom is 0.407 e. The number of nitrogens with zero attached hydrogens (tertiary/aromatic N) is 1. The molecule has 102 valence electrons. The molecular formula is C12H21N3O3. The highest BCUT2D eigenvalue weighted by molar-refractivity contribution is 5.80. The zero-order valence-corrected chi connectivity index (χ0v) is 10.7. The Bertz CT molecular complexity index is 335. The number of methoxy groups -OCH3 is 1. The zero-order valence-electron chi connectivity index (χ0n) is 10.7. The summed E-state index contributed by atoms with van der Waals surface area (Å²) < 4.78 is 4.55. The van der Waals surface area contributed by atoms with Gasteiger partial charge in [0.2, 0.25) is 5.91 Å². The number of ether oxygens (including phenoxy) is 1. The van der Waals surface area contributed by atoms with Crippen LogP contribution in [0.25, 0.3) is 0 Å². The molecule has 0 aromatic carbocycles. The Morgan fingerprint density at radius 1 is 1.33 bits per heavy atom. The molecule has 1 aliphatic heterocycles. The molecule has 1 saturated heterocycles. The van der Waals surface area contributed by atoms with Crippen LogP contribution in [0.3, 0.4) is 0 Å². The normalized spacial score (nSPS) is 31.4. The van der Waals surface area contributed by atoms with E-state index in [4.69, 9.17) is 5.73 Å². The third-order valence-corrected chi connectivity index (χ3v) is 3.89. The van der Waals surface area contributed by atoms with Gasteiger partial charge in [-0.3, -0.25) is 4.79 Å². The third kappa shape index (κ3) is 2.75. The molecule has 0 bridgehead atoms.